The minimum Gasteiger partial charge on any atom is -0.319 e. The second-order valence-electron chi connectivity index (χ2n) is 5.22. The predicted octanol–water partition coefficient (Wildman–Crippen LogP) is 2.70. The van der Waals surface area contributed by atoms with Crippen LogP contribution in [0, 0.1) is 0 Å². The second kappa shape index (κ2) is 4.70. The van der Waals surface area contributed by atoms with E-state index in [0.29, 0.717) is 11.4 Å². The first-order valence-corrected chi connectivity index (χ1v) is 7.04. The van der Waals surface area contributed by atoms with Gasteiger partial charge in [0.15, 0.2) is 5.69 Å². The van der Waals surface area contributed by atoms with Crippen LogP contribution < -0.4 is 5.32 Å². The lowest BCUT2D eigenvalue weighted by Crippen LogP contribution is -2.14. The molecule has 0 aliphatic heterocycles. The van der Waals surface area contributed by atoms with Gasteiger partial charge in [0, 0.05) is 22.8 Å². The number of benzene rings is 1. The van der Waals surface area contributed by atoms with Gasteiger partial charge in [-0.2, -0.15) is 5.10 Å². The van der Waals surface area contributed by atoms with E-state index < -0.39 is 0 Å². The Balaban J connectivity index is 1.70. The summed E-state index contributed by atoms with van der Waals surface area (Å²) in [5, 5.41) is 11.1. The zero-order chi connectivity index (χ0) is 14.2. The molecule has 0 unspecified atom stereocenters. The highest BCUT2D eigenvalue weighted by Gasteiger charge is 2.23. The molecule has 104 valence electrons. The molecule has 2 N–H and O–H groups in total. The first-order valence-electron chi connectivity index (χ1n) is 7.04. The average molecular weight is 278 g/mol. The molecule has 1 aromatic carbocycles. The van der Waals surface area contributed by atoms with E-state index in [9.17, 15) is 4.79 Å². The fourth-order valence-corrected chi connectivity index (χ4v) is 2.89. The number of carbonyl (C=O) groups excluding carboxylic acids is 1. The zero-order valence-corrected chi connectivity index (χ0v) is 11.4. The predicted molar refractivity (Wildman–Crippen MR) is 80.3 cm³/mol. The number of hydrogen-bond acceptors (Lipinski definition) is 3. The number of para-hydroxylation sites is 1. The summed E-state index contributed by atoms with van der Waals surface area (Å²) in [5.74, 6) is -0.174. The fourth-order valence-electron chi connectivity index (χ4n) is 2.89. The number of aromatic nitrogens is 3. The molecule has 4 rings (SSSR count). The number of carbonyl (C=O) groups is 1. The Morgan fingerprint density at radius 1 is 1.19 bits per heavy atom. The molecule has 1 aliphatic carbocycles. The standard InChI is InChI=1S/C16H14N4O/c21-16(15-11-6-2-7-12(11)19-20-15)18-13-8-1-4-10-5-3-9-17-14(10)13/h1,3-5,8-9H,2,6-7H2,(H,18,21)(H,19,20). The number of H-pyrrole nitrogens is 1. The van der Waals surface area contributed by atoms with Crippen molar-refractivity contribution in [1.82, 2.24) is 15.2 Å². The van der Waals surface area contributed by atoms with Crippen LogP contribution in [0.1, 0.15) is 28.2 Å². The number of nitrogens with zero attached hydrogens (tertiary/aromatic N) is 2. The smallest absolute Gasteiger partial charge is 0.276 e. The summed E-state index contributed by atoms with van der Waals surface area (Å²) in [7, 11) is 0. The highest BCUT2D eigenvalue weighted by molar-refractivity contribution is 6.08. The van der Waals surface area contributed by atoms with Crippen molar-refractivity contribution in [2.45, 2.75) is 19.3 Å². The average Bonchev–Trinajstić information content (AvgIpc) is 3.10. The van der Waals surface area contributed by atoms with E-state index in [4.69, 9.17) is 0 Å². The molecular weight excluding hydrogens is 264 g/mol. The monoisotopic (exact) mass is 278 g/mol. The van der Waals surface area contributed by atoms with E-state index in [-0.39, 0.29) is 5.91 Å². The molecule has 0 atom stereocenters. The minimum absolute atomic E-state index is 0.174. The molecule has 3 aromatic rings. The Kier molecular flexibility index (Phi) is 2.70. The van der Waals surface area contributed by atoms with E-state index in [0.717, 1.165) is 41.4 Å². The van der Waals surface area contributed by atoms with Gasteiger partial charge in [0.05, 0.1) is 11.2 Å². The maximum atomic E-state index is 12.5. The Morgan fingerprint density at radius 2 is 2.10 bits per heavy atom. The Hall–Kier alpha value is -2.69. The van der Waals surface area contributed by atoms with Gasteiger partial charge in [0.2, 0.25) is 0 Å². The molecule has 1 amide bonds. The fraction of sp³-hybridized carbons (Fsp3) is 0.188. The van der Waals surface area contributed by atoms with E-state index in [1.165, 1.54) is 0 Å². The summed E-state index contributed by atoms with van der Waals surface area (Å²) in [6, 6.07) is 9.61. The van der Waals surface area contributed by atoms with Crippen LogP contribution in [0.25, 0.3) is 10.9 Å². The molecule has 0 saturated heterocycles. The number of fused-ring (bicyclic) bond motifs is 2. The molecule has 5 nitrogen and oxygen atoms in total. The Labute approximate surface area is 121 Å². The molecule has 0 fully saturated rings. The normalized spacial score (nSPS) is 13.3. The Bertz CT molecular complexity index is 832. The van der Waals surface area contributed by atoms with Crippen molar-refractivity contribution in [3.05, 3.63) is 53.5 Å². The lowest BCUT2D eigenvalue weighted by atomic mass is 10.1. The van der Waals surface area contributed by atoms with Crippen LogP contribution in [0.4, 0.5) is 5.69 Å². The van der Waals surface area contributed by atoms with E-state index in [2.05, 4.69) is 20.5 Å². The summed E-state index contributed by atoms with van der Waals surface area (Å²) >= 11 is 0. The van der Waals surface area contributed by atoms with Crippen LogP contribution in [0.15, 0.2) is 36.5 Å². The lowest BCUT2D eigenvalue weighted by molar-refractivity contribution is 0.102. The second-order valence-corrected chi connectivity index (χ2v) is 5.22. The molecular formula is C16H14N4O. The van der Waals surface area contributed by atoms with Gasteiger partial charge in [0.25, 0.3) is 5.91 Å². The molecule has 0 bridgehead atoms. The van der Waals surface area contributed by atoms with Crippen molar-refractivity contribution < 1.29 is 4.79 Å². The number of amides is 1. The van der Waals surface area contributed by atoms with Crippen LogP contribution in [0.2, 0.25) is 0 Å². The van der Waals surface area contributed by atoms with E-state index in [1.54, 1.807) is 6.20 Å². The van der Waals surface area contributed by atoms with Crippen molar-refractivity contribution in [1.29, 1.82) is 0 Å². The highest BCUT2D eigenvalue weighted by Crippen LogP contribution is 2.25. The van der Waals surface area contributed by atoms with Crippen LogP contribution in [0.5, 0.6) is 0 Å². The van der Waals surface area contributed by atoms with Gasteiger partial charge in [-0.3, -0.25) is 14.9 Å². The van der Waals surface area contributed by atoms with Crippen molar-refractivity contribution in [2.75, 3.05) is 5.32 Å². The molecule has 5 heteroatoms. The maximum absolute atomic E-state index is 12.5. The highest BCUT2D eigenvalue weighted by atomic mass is 16.1. The summed E-state index contributed by atoms with van der Waals surface area (Å²) in [6.07, 6.45) is 4.71. The number of pyridine rings is 1. The van der Waals surface area contributed by atoms with Crippen molar-refractivity contribution >= 4 is 22.5 Å². The van der Waals surface area contributed by atoms with Crippen molar-refractivity contribution in [3.8, 4) is 0 Å². The van der Waals surface area contributed by atoms with Gasteiger partial charge in [-0.25, -0.2) is 0 Å². The topological polar surface area (TPSA) is 70.7 Å². The molecule has 2 aromatic heterocycles. The van der Waals surface area contributed by atoms with Gasteiger partial charge in [-0.1, -0.05) is 18.2 Å². The molecule has 1 aliphatic rings. The van der Waals surface area contributed by atoms with Gasteiger partial charge in [0.1, 0.15) is 0 Å². The SMILES string of the molecule is O=C(Nc1cccc2cccnc12)c1n[nH]c2c1CCC2. The third-order valence-electron chi connectivity index (χ3n) is 3.90. The van der Waals surface area contributed by atoms with Gasteiger partial charge in [-0.15, -0.1) is 0 Å². The van der Waals surface area contributed by atoms with Crippen LogP contribution in [-0.4, -0.2) is 21.1 Å². The van der Waals surface area contributed by atoms with Crippen molar-refractivity contribution in [3.63, 3.8) is 0 Å². The van der Waals surface area contributed by atoms with Crippen LogP contribution in [-0.2, 0) is 12.8 Å². The number of rotatable bonds is 2. The third-order valence-corrected chi connectivity index (χ3v) is 3.90. The first-order chi connectivity index (χ1) is 10.3. The van der Waals surface area contributed by atoms with Crippen molar-refractivity contribution in [2.24, 2.45) is 0 Å². The largest absolute Gasteiger partial charge is 0.319 e. The molecule has 0 saturated carbocycles. The summed E-state index contributed by atoms with van der Waals surface area (Å²) in [6.45, 7) is 0. The summed E-state index contributed by atoms with van der Waals surface area (Å²) in [5.41, 5.74) is 4.17. The zero-order valence-electron chi connectivity index (χ0n) is 11.4. The van der Waals surface area contributed by atoms with Gasteiger partial charge in [-0.05, 0) is 31.4 Å². The molecule has 2 heterocycles. The number of aromatic amines is 1. The third kappa shape index (κ3) is 1.98. The van der Waals surface area contributed by atoms with Gasteiger partial charge < -0.3 is 5.32 Å². The van der Waals surface area contributed by atoms with E-state index in [1.807, 2.05) is 30.3 Å². The molecule has 0 spiro atoms. The quantitative estimate of drug-likeness (QED) is 0.757. The lowest BCUT2D eigenvalue weighted by Gasteiger charge is -2.07. The maximum Gasteiger partial charge on any atom is 0.276 e. The summed E-state index contributed by atoms with van der Waals surface area (Å²) in [4.78, 5) is 16.8. The van der Waals surface area contributed by atoms with Gasteiger partial charge >= 0.3 is 0 Å². The first kappa shape index (κ1) is 12.1. The number of anilines is 1. The Morgan fingerprint density at radius 3 is 3.05 bits per heavy atom. The minimum atomic E-state index is -0.174. The molecule has 0 radical (unpaired) electrons. The van der Waals surface area contributed by atoms with Crippen LogP contribution >= 0.6 is 0 Å². The summed E-state index contributed by atoms with van der Waals surface area (Å²) < 4.78 is 0. The number of aryl methyl sites for hydroxylation is 1. The van der Waals surface area contributed by atoms with Crippen LogP contribution in [0.3, 0.4) is 0 Å². The number of hydrogen-bond donors (Lipinski definition) is 2. The number of nitrogens with one attached hydrogen (secondary N) is 2. The van der Waals surface area contributed by atoms with E-state index >= 15 is 0 Å². The molecule has 21 heavy (non-hydrogen) atoms.